The fourth-order valence-electron chi connectivity index (χ4n) is 6.14. The Morgan fingerprint density at radius 1 is 1.06 bits per heavy atom. The Kier molecular flexibility index (Phi) is 8.91. The average molecular weight is 502 g/mol. The van der Waals surface area contributed by atoms with Gasteiger partial charge in [0, 0.05) is 32.6 Å². The molecule has 1 spiro atoms. The number of nitrogens with zero attached hydrogens (tertiary/aromatic N) is 2. The van der Waals surface area contributed by atoms with E-state index in [-0.39, 0.29) is 25.0 Å². The third-order valence-electron chi connectivity index (χ3n) is 8.29. The quantitative estimate of drug-likeness (QED) is 0.456. The molecule has 1 aromatic rings. The van der Waals surface area contributed by atoms with Gasteiger partial charge in [-0.05, 0) is 49.8 Å². The standard InChI is InChI=1S/C28H43N3O5/c1-2-3-15-31-25(33)24(20-27(35)11-5-4-6-12-27)29-26(34)28(31)13-16-30(17-14-28)21-22-7-9-23(10-8-22)36-19-18-32/h7-10,24,32,35H,2-6,11-21H2,1H3,(H,29,34)/t24-/m1/s1. The van der Waals surface area contributed by atoms with Crippen LogP contribution >= 0.6 is 0 Å². The number of aliphatic hydroxyl groups excluding tert-OH is 1. The van der Waals surface area contributed by atoms with Gasteiger partial charge in [-0.15, -0.1) is 0 Å². The monoisotopic (exact) mass is 501 g/mol. The molecule has 2 amide bonds. The summed E-state index contributed by atoms with van der Waals surface area (Å²) in [5.74, 6) is 0.670. The van der Waals surface area contributed by atoms with Crippen LogP contribution in [0.2, 0.25) is 0 Å². The number of nitrogens with one attached hydrogen (secondary N) is 1. The Balaban J connectivity index is 1.41. The van der Waals surface area contributed by atoms with E-state index in [1.54, 1.807) is 0 Å². The molecule has 3 aliphatic rings. The van der Waals surface area contributed by atoms with Gasteiger partial charge in [-0.1, -0.05) is 44.7 Å². The number of aliphatic hydroxyl groups is 2. The Hall–Kier alpha value is -2.16. The van der Waals surface area contributed by atoms with Crippen molar-refractivity contribution in [1.29, 1.82) is 0 Å². The first-order valence-corrected chi connectivity index (χ1v) is 13.8. The molecule has 200 valence electrons. The fourth-order valence-corrected chi connectivity index (χ4v) is 6.14. The van der Waals surface area contributed by atoms with Crippen LogP contribution in [-0.2, 0) is 16.1 Å². The minimum Gasteiger partial charge on any atom is -0.491 e. The van der Waals surface area contributed by atoms with Gasteiger partial charge in [-0.2, -0.15) is 0 Å². The van der Waals surface area contributed by atoms with Gasteiger partial charge < -0.3 is 25.2 Å². The van der Waals surface area contributed by atoms with Crippen molar-refractivity contribution in [3.05, 3.63) is 29.8 Å². The van der Waals surface area contributed by atoms with Gasteiger partial charge >= 0.3 is 0 Å². The van der Waals surface area contributed by atoms with E-state index in [1.807, 2.05) is 29.2 Å². The highest BCUT2D eigenvalue weighted by molar-refractivity contribution is 6.00. The second-order valence-corrected chi connectivity index (χ2v) is 10.9. The van der Waals surface area contributed by atoms with Gasteiger partial charge in [-0.25, -0.2) is 0 Å². The molecule has 2 heterocycles. The number of ether oxygens (including phenoxy) is 1. The smallest absolute Gasteiger partial charge is 0.246 e. The van der Waals surface area contributed by atoms with Crippen LogP contribution in [0.4, 0.5) is 0 Å². The molecule has 8 nitrogen and oxygen atoms in total. The van der Waals surface area contributed by atoms with Crippen LogP contribution in [0.1, 0.15) is 76.7 Å². The molecule has 3 fully saturated rings. The van der Waals surface area contributed by atoms with Crippen molar-refractivity contribution in [2.24, 2.45) is 0 Å². The van der Waals surface area contributed by atoms with Crippen LogP contribution in [0, 0.1) is 0 Å². The fraction of sp³-hybridized carbons (Fsp3) is 0.714. The van der Waals surface area contributed by atoms with Crippen molar-refractivity contribution in [3.63, 3.8) is 0 Å². The lowest BCUT2D eigenvalue weighted by atomic mass is 9.77. The molecule has 2 aliphatic heterocycles. The number of carbonyl (C=O) groups excluding carboxylic acids is 2. The summed E-state index contributed by atoms with van der Waals surface area (Å²) < 4.78 is 5.44. The van der Waals surface area contributed by atoms with E-state index < -0.39 is 17.2 Å². The number of likely N-dealkylation sites (tertiary alicyclic amines) is 1. The zero-order valence-electron chi connectivity index (χ0n) is 21.7. The van der Waals surface area contributed by atoms with Gasteiger partial charge in [0.15, 0.2) is 0 Å². The maximum absolute atomic E-state index is 13.7. The first-order chi connectivity index (χ1) is 17.4. The van der Waals surface area contributed by atoms with Gasteiger partial charge in [0.1, 0.15) is 23.9 Å². The van der Waals surface area contributed by atoms with Crippen molar-refractivity contribution >= 4 is 11.8 Å². The van der Waals surface area contributed by atoms with Gasteiger partial charge in [0.25, 0.3) is 0 Å². The minimum absolute atomic E-state index is 0.00967. The van der Waals surface area contributed by atoms with Crippen LogP contribution < -0.4 is 10.1 Å². The highest BCUT2D eigenvalue weighted by Gasteiger charge is 2.54. The van der Waals surface area contributed by atoms with E-state index in [0.717, 1.165) is 63.1 Å². The normalized spacial score (nSPS) is 24.1. The minimum atomic E-state index is -0.852. The van der Waals surface area contributed by atoms with Crippen LogP contribution in [-0.4, -0.2) is 81.9 Å². The molecule has 0 radical (unpaired) electrons. The molecule has 8 heteroatoms. The van der Waals surface area contributed by atoms with Crippen LogP contribution in [0.3, 0.4) is 0 Å². The van der Waals surface area contributed by atoms with E-state index in [9.17, 15) is 14.7 Å². The number of unbranched alkanes of at least 4 members (excludes halogenated alkanes) is 1. The van der Waals surface area contributed by atoms with E-state index in [1.165, 1.54) is 0 Å². The van der Waals surface area contributed by atoms with E-state index >= 15 is 0 Å². The zero-order valence-corrected chi connectivity index (χ0v) is 21.7. The van der Waals surface area contributed by atoms with Crippen LogP contribution in [0.15, 0.2) is 24.3 Å². The summed E-state index contributed by atoms with van der Waals surface area (Å²) in [6.07, 6.45) is 7.86. The molecule has 4 rings (SSSR count). The Morgan fingerprint density at radius 2 is 1.75 bits per heavy atom. The lowest BCUT2D eigenvalue weighted by Crippen LogP contribution is -2.73. The van der Waals surface area contributed by atoms with E-state index in [0.29, 0.717) is 38.6 Å². The third-order valence-corrected chi connectivity index (χ3v) is 8.29. The lowest BCUT2D eigenvalue weighted by Gasteiger charge is -2.52. The summed E-state index contributed by atoms with van der Waals surface area (Å²) in [6, 6.07) is 7.25. The molecule has 1 aliphatic carbocycles. The Bertz CT molecular complexity index is 876. The molecular weight excluding hydrogens is 458 g/mol. The molecule has 1 saturated carbocycles. The number of hydrogen-bond donors (Lipinski definition) is 3. The summed E-state index contributed by atoms with van der Waals surface area (Å²) in [5.41, 5.74) is -0.485. The highest BCUT2D eigenvalue weighted by atomic mass is 16.5. The molecule has 36 heavy (non-hydrogen) atoms. The molecular formula is C28H43N3O5. The summed E-state index contributed by atoms with van der Waals surface area (Å²) >= 11 is 0. The van der Waals surface area contributed by atoms with Gasteiger partial charge in [-0.3, -0.25) is 14.5 Å². The first-order valence-electron chi connectivity index (χ1n) is 13.8. The number of carbonyl (C=O) groups is 2. The van der Waals surface area contributed by atoms with E-state index in [2.05, 4.69) is 17.1 Å². The third kappa shape index (κ3) is 6.03. The van der Waals surface area contributed by atoms with Gasteiger partial charge in [0.2, 0.25) is 11.8 Å². The maximum Gasteiger partial charge on any atom is 0.246 e. The molecule has 1 aromatic carbocycles. The molecule has 1 atom stereocenters. The maximum atomic E-state index is 13.7. The van der Waals surface area contributed by atoms with E-state index in [4.69, 9.17) is 9.84 Å². The highest BCUT2D eigenvalue weighted by Crippen LogP contribution is 2.37. The topological polar surface area (TPSA) is 102 Å². The van der Waals surface area contributed by atoms with Crippen LogP contribution in [0.5, 0.6) is 5.75 Å². The summed E-state index contributed by atoms with van der Waals surface area (Å²) in [4.78, 5) is 31.5. The van der Waals surface area contributed by atoms with Crippen molar-refractivity contribution in [2.45, 2.75) is 94.9 Å². The molecule has 0 unspecified atom stereocenters. The summed E-state index contributed by atoms with van der Waals surface area (Å²) in [5, 5.41) is 23.0. The number of hydrogen-bond acceptors (Lipinski definition) is 6. The molecule has 3 N–H and O–H groups in total. The predicted octanol–water partition coefficient (Wildman–Crippen LogP) is 2.60. The second kappa shape index (κ2) is 11.9. The average Bonchev–Trinajstić information content (AvgIpc) is 2.88. The number of amides is 2. The van der Waals surface area contributed by atoms with Crippen molar-refractivity contribution in [3.8, 4) is 5.75 Å². The molecule has 0 aromatic heterocycles. The SMILES string of the molecule is CCCCN1C(=O)[C@@H](CC2(O)CCCCC2)NC(=O)C12CCN(Cc1ccc(OCCO)cc1)CC2. The van der Waals surface area contributed by atoms with Crippen molar-refractivity contribution in [1.82, 2.24) is 15.1 Å². The summed E-state index contributed by atoms with van der Waals surface area (Å²) in [7, 11) is 0. The predicted molar refractivity (Wildman–Crippen MR) is 137 cm³/mol. The number of benzene rings is 1. The number of piperidine rings is 1. The Labute approximate surface area is 215 Å². The number of piperazine rings is 1. The van der Waals surface area contributed by atoms with Crippen molar-refractivity contribution in [2.75, 3.05) is 32.8 Å². The second-order valence-electron chi connectivity index (χ2n) is 10.9. The van der Waals surface area contributed by atoms with Crippen molar-refractivity contribution < 1.29 is 24.5 Å². The van der Waals surface area contributed by atoms with Crippen LogP contribution in [0.25, 0.3) is 0 Å². The number of rotatable bonds is 10. The van der Waals surface area contributed by atoms with Gasteiger partial charge in [0.05, 0.1) is 12.2 Å². The summed E-state index contributed by atoms with van der Waals surface area (Å²) in [6.45, 7) is 5.21. The largest absolute Gasteiger partial charge is 0.491 e. The molecule has 2 saturated heterocycles. The zero-order chi connectivity index (χ0) is 25.6. The lowest BCUT2D eigenvalue weighted by molar-refractivity contribution is -0.163. The molecule has 0 bridgehead atoms. The Morgan fingerprint density at radius 3 is 2.39 bits per heavy atom. The first kappa shape index (κ1) is 26.9.